The highest BCUT2D eigenvalue weighted by molar-refractivity contribution is 5.80. The molecule has 0 unspecified atom stereocenters. The van der Waals surface area contributed by atoms with Crippen molar-refractivity contribution in [2.45, 2.75) is 45.1 Å². The van der Waals surface area contributed by atoms with Gasteiger partial charge in [0.2, 0.25) is 0 Å². The van der Waals surface area contributed by atoms with Crippen LogP contribution < -0.4 is 10.1 Å². The molecule has 27 heavy (non-hydrogen) atoms. The summed E-state index contributed by atoms with van der Waals surface area (Å²) < 4.78 is 11.4. The molecule has 4 heteroatoms. The van der Waals surface area contributed by atoms with Gasteiger partial charge in [-0.1, -0.05) is 36.4 Å². The number of carbonyl (C=O) groups is 1. The van der Waals surface area contributed by atoms with Crippen LogP contribution >= 0.6 is 0 Å². The number of amides is 1. The van der Waals surface area contributed by atoms with Gasteiger partial charge in [0.25, 0.3) is 5.91 Å². The quantitative estimate of drug-likeness (QED) is 0.841. The molecule has 1 amide bonds. The van der Waals surface area contributed by atoms with Crippen LogP contribution in [0.3, 0.4) is 0 Å². The van der Waals surface area contributed by atoms with E-state index in [-0.39, 0.29) is 11.3 Å². The average molecular weight is 367 g/mol. The van der Waals surface area contributed by atoms with Crippen LogP contribution in [0.15, 0.2) is 48.5 Å². The van der Waals surface area contributed by atoms with E-state index in [9.17, 15) is 4.79 Å². The molecule has 2 aromatic carbocycles. The maximum absolute atomic E-state index is 12.6. The van der Waals surface area contributed by atoms with Crippen LogP contribution in [0, 0.1) is 13.8 Å². The van der Waals surface area contributed by atoms with E-state index in [1.165, 1.54) is 11.1 Å². The molecule has 0 saturated carbocycles. The summed E-state index contributed by atoms with van der Waals surface area (Å²) in [6.45, 7) is 7.94. The molecule has 1 saturated heterocycles. The first kappa shape index (κ1) is 19.4. The molecule has 0 aromatic heterocycles. The Labute approximate surface area is 161 Å². The molecule has 1 heterocycles. The summed E-state index contributed by atoms with van der Waals surface area (Å²) in [4.78, 5) is 12.6. The summed E-state index contributed by atoms with van der Waals surface area (Å²) in [5.74, 6) is 0.639. The number of benzene rings is 2. The minimum absolute atomic E-state index is 0.0741. The second-order valence-corrected chi connectivity index (χ2v) is 7.48. The van der Waals surface area contributed by atoms with E-state index < -0.39 is 6.10 Å². The molecule has 0 spiro atoms. The standard InChI is InChI=1S/C23H29NO3/c1-17-9-10-21(15-18(17)2)27-19(3)22(25)24-16-23(11-13-26-14-12-23)20-7-5-4-6-8-20/h4-10,15,19H,11-14,16H2,1-3H3,(H,24,25)/t19-/m1/s1. The SMILES string of the molecule is Cc1ccc(O[C@H](C)C(=O)NCC2(c3ccccc3)CCOCC2)cc1C. The van der Waals surface area contributed by atoms with Gasteiger partial charge < -0.3 is 14.8 Å². The van der Waals surface area contributed by atoms with Crippen molar-refractivity contribution in [3.05, 3.63) is 65.2 Å². The van der Waals surface area contributed by atoms with Gasteiger partial charge >= 0.3 is 0 Å². The lowest BCUT2D eigenvalue weighted by molar-refractivity contribution is -0.127. The van der Waals surface area contributed by atoms with E-state index in [1.807, 2.05) is 31.2 Å². The Morgan fingerprint density at radius 3 is 2.48 bits per heavy atom. The third-order valence-electron chi connectivity index (χ3n) is 5.60. The van der Waals surface area contributed by atoms with Crippen LogP contribution in [0.2, 0.25) is 0 Å². The molecule has 3 rings (SSSR count). The molecule has 144 valence electrons. The van der Waals surface area contributed by atoms with Gasteiger partial charge in [0.15, 0.2) is 6.10 Å². The van der Waals surface area contributed by atoms with Crippen LogP contribution in [-0.2, 0) is 14.9 Å². The van der Waals surface area contributed by atoms with Gasteiger partial charge in [-0.05, 0) is 62.4 Å². The number of aryl methyl sites for hydroxylation is 2. The number of carbonyl (C=O) groups excluding carboxylic acids is 1. The predicted molar refractivity (Wildman–Crippen MR) is 107 cm³/mol. The first-order valence-corrected chi connectivity index (χ1v) is 9.65. The Morgan fingerprint density at radius 1 is 1.11 bits per heavy atom. The summed E-state index contributed by atoms with van der Waals surface area (Å²) >= 11 is 0. The Hall–Kier alpha value is -2.33. The molecular weight excluding hydrogens is 338 g/mol. The number of hydrogen-bond donors (Lipinski definition) is 1. The third-order valence-corrected chi connectivity index (χ3v) is 5.60. The van der Waals surface area contributed by atoms with Gasteiger partial charge in [0.05, 0.1) is 0 Å². The molecule has 0 aliphatic carbocycles. The smallest absolute Gasteiger partial charge is 0.260 e. The minimum atomic E-state index is -0.542. The topological polar surface area (TPSA) is 47.6 Å². The summed E-state index contributed by atoms with van der Waals surface area (Å²) in [5, 5.41) is 3.12. The maximum atomic E-state index is 12.6. The molecule has 0 radical (unpaired) electrons. The molecular formula is C23H29NO3. The van der Waals surface area contributed by atoms with Crippen LogP contribution in [-0.4, -0.2) is 31.8 Å². The van der Waals surface area contributed by atoms with Crippen molar-refractivity contribution in [1.29, 1.82) is 0 Å². The van der Waals surface area contributed by atoms with Gasteiger partial charge in [-0.3, -0.25) is 4.79 Å². The maximum Gasteiger partial charge on any atom is 0.260 e. The lowest BCUT2D eigenvalue weighted by atomic mass is 9.74. The zero-order valence-corrected chi connectivity index (χ0v) is 16.5. The molecule has 1 aliphatic rings. The monoisotopic (exact) mass is 367 g/mol. The predicted octanol–water partition coefficient (Wildman–Crippen LogP) is 3.94. The van der Waals surface area contributed by atoms with E-state index >= 15 is 0 Å². The normalized spacial score (nSPS) is 17.1. The van der Waals surface area contributed by atoms with Crippen molar-refractivity contribution < 1.29 is 14.3 Å². The zero-order valence-electron chi connectivity index (χ0n) is 16.5. The fourth-order valence-corrected chi connectivity index (χ4v) is 3.57. The molecule has 1 fully saturated rings. The Balaban J connectivity index is 1.64. The van der Waals surface area contributed by atoms with Crippen molar-refractivity contribution in [2.24, 2.45) is 0 Å². The van der Waals surface area contributed by atoms with Crippen LogP contribution in [0.5, 0.6) is 5.75 Å². The number of ether oxygens (including phenoxy) is 2. The molecule has 1 N–H and O–H groups in total. The summed E-state index contributed by atoms with van der Waals surface area (Å²) in [5.41, 5.74) is 3.56. The number of rotatable bonds is 6. The third kappa shape index (κ3) is 4.69. The summed E-state index contributed by atoms with van der Waals surface area (Å²) in [7, 11) is 0. The fraction of sp³-hybridized carbons (Fsp3) is 0.435. The van der Waals surface area contributed by atoms with Gasteiger partial charge in [-0.15, -0.1) is 0 Å². The second kappa shape index (κ2) is 8.57. The van der Waals surface area contributed by atoms with E-state index in [0.717, 1.165) is 37.4 Å². The van der Waals surface area contributed by atoms with E-state index in [2.05, 4.69) is 36.5 Å². The van der Waals surface area contributed by atoms with E-state index in [0.29, 0.717) is 6.54 Å². The van der Waals surface area contributed by atoms with Gasteiger partial charge in [0.1, 0.15) is 5.75 Å². The summed E-state index contributed by atoms with van der Waals surface area (Å²) in [6.07, 6.45) is 1.27. The molecule has 2 aromatic rings. The lowest BCUT2D eigenvalue weighted by Gasteiger charge is -2.38. The van der Waals surface area contributed by atoms with Gasteiger partial charge in [0, 0.05) is 25.2 Å². The number of hydrogen-bond acceptors (Lipinski definition) is 3. The highest BCUT2D eigenvalue weighted by Gasteiger charge is 2.35. The lowest BCUT2D eigenvalue weighted by Crippen LogP contribution is -2.47. The molecule has 1 atom stereocenters. The summed E-state index contributed by atoms with van der Waals surface area (Å²) in [6, 6.07) is 16.3. The zero-order chi connectivity index (χ0) is 19.3. The minimum Gasteiger partial charge on any atom is -0.481 e. The highest BCUT2D eigenvalue weighted by atomic mass is 16.5. The molecule has 1 aliphatic heterocycles. The van der Waals surface area contributed by atoms with Crippen molar-refractivity contribution in [3.8, 4) is 5.75 Å². The highest BCUT2D eigenvalue weighted by Crippen LogP contribution is 2.34. The van der Waals surface area contributed by atoms with Crippen LogP contribution in [0.1, 0.15) is 36.5 Å². The van der Waals surface area contributed by atoms with Gasteiger partial charge in [-0.25, -0.2) is 0 Å². The Morgan fingerprint density at radius 2 is 1.81 bits per heavy atom. The molecule has 4 nitrogen and oxygen atoms in total. The fourth-order valence-electron chi connectivity index (χ4n) is 3.57. The first-order chi connectivity index (χ1) is 13.0. The van der Waals surface area contributed by atoms with Crippen LogP contribution in [0.25, 0.3) is 0 Å². The van der Waals surface area contributed by atoms with Crippen molar-refractivity contribution >= 4 is 5.91 Å². The van der Waals surface area contributed by atoms with E-state index in [4.69, 9.17) is 9.47 Å². The Bertz CT molecular complexity index is 766. The molecule has 0 bridgehead atoms. The van der Waals surface area contributed by atoms with Crippen molar-refractivity contribution in [2.75, 3.05) is 19.8 Å². The second-order valence-electron chi connectivity index (χ2n) is 7.48. The van der Waals surface area contributed by atoms with Gasteiger partial charge in [-0.2, -0.15) is 0 Å². The average Bonchev–Trinajstić information content (AvgIpc) is 2.70. The van der Waals surface area contributed by atoms with E-state index in [1.54, 1.807) is 6.92 Å². The van der Waals surface area contributed by atoms with Crippen LogP contribution in [0.4, 0.5) is 0 Å². The first-order valence-electron chi connectivity index (χ1n) is 9.65. The van der Waals surface area contributed by atoms with Crippen molar-refractivity contribution in [1.82, 2.24) is 5.32 Å². The Kier molecular flexibility index (Phi) is 6.17. The van der Waals surface area contributed by atoms with Crippen molar-refractivity contribution in [3.63, 3.8) is 0 Å². The largest absolute Gasteiger partial charge is 0.481 e. The number of nitrogens with one attached hydrogen (secondary N) is 1.